The second-order valence-electron chi connectivity index (χ2n) is 7.74. The highest BCUT2D eigenvalue weighted by molar-refractivity contribution is 7.88. The molecule has 1 aliphatic heterocycles. The van der Waals surface area contributed by atoms with Crippen LogP contribution >= 0.6 is 23.2 Å². The van der Waals surface area contributed by atoms with Crippen LogP contribution in [0.2, 0.25) is 10.0 Å². The van der Waals surface area contributed by atoms with E-state index >= 15 is 0 Å². The first kappa shape index (κ1) is 22.3. The molecule has 1 heterocycles. The lowest BCUT2D eigenvalue weighted by Crippen LogP contribution is -2.45. The highest BCUT2D eigenvalue weighted by Gasteiger charge is 2.28. The van der Waals surface area contributed by atoms with E-state index in [0.717, 1.165) is 12.8 Å². The van der Waals surface area contributed by atoms with Gasteiger partial charge in [-0.25, -0.2) is 17.9 Å². The third-order valence-corrected chi connectivity index (χ3v) is 6.14. The van der Waals surface area contributed by atoms with Gasteiger partial charge in [0.15, 0.2) is 0 Å². The van der Waals surface area contributed by atoms with Gasteiger partial charge in [-0.3, -0.25) is 0 Å². The summed E-state index contributed by atoms with van der Waals surface area (Å²) in [4.78, 5) is 13.8. The van der Waals surface area contributed by atoms with Crippen LogP contribution in [-0.2, 0) is 20.5 Å². The largest absolute Gasteiger partial charge is 0.444 e. The number of carbonyl (C=O) groups is 1. The van der Waals surface area contributed by atoms with Gasteiger partial charge >= 0.3 is 6.09 Å². The zero-order valence-electron chi connectivity index (χ0n) is 15.8. The number of piperidine rings is 1. The number of nitrogens with zero attached hydrogens (tertiary/aromatic N) is 1. The lowest BCUT2D eigenvalue weighted by molar-refractivity contribution is 0.0169. The van der Waals surface area contributed by atoms with Gasteiger partial charge in [-0.15, -0.1) is 0 Å². The molecule has 0 bridgehead atoms. The minimum atomic E-state index is -3.60. The fraction of sp³-hybridized carbons (Fsp3) is 0.611. The zero-order valence-corrected chi connectivity index (χ0v) is 18.1. The molecule has 9 heteroatoms. The fourth-order valence-electron chi connectivity index (χ4n) is 2.88. The number of nitrogens with one attached hydrogen (secondary N) is 1. The summed E-state index contributed by atoms with van der Waals surface area (Å²) >= 11 is 12.1. The summed E-state index contributed by atoms with van der Waals surface area (Å²) in [5.74, 6) is -0.253. The van der Waals surface area contributed by atoms with E-state index < -0.39 is 15.6 Å². The van der Waals surface area contributed by atoms with Gasteiger partial charge < -0.3 is 9.64 Å². The summed E-state index contributed by atoms with van der Waals surface area (Å²) in [5, 5.41) is 0.642. The number of hydrogen-bond acceptors (Lipinski definition) is 4. The Bertz CT molecular complexity index is 758. The van der Waals surface area contributed by atoms with Crippen molar-refractivity contribution >= 4 is 39.3 Å². The quantitative estimate of drug-likeness (QED) is 0.754. The minimum Gasteiger partial charge on any atom is -0.444 e. The molecule has 6 nitrogen and oxygen atoms in total. The predicted molar refractivity (Wildman–Crippen MR) is 108 cm³/mol. The van der Waals surface area contributed by atoms with Crippen LogP contribution in [0.15, 0.2) is 18.2 Å². The highest BCUT2D eigenvalue weighted by atomic mass is 35.5. The first-order chi connectivity index (χ1) is 12.5. The van der Waals surface area contributed by atoms with Crippen LogP contribution in [0.5, 0.6) is 0 Å². The van der Waals surface area contributed by atoms with Gasteiger partial charge in [0.25, 0.3) is 0 Å². The molecule has 1 saturated heterocycles. The average molecular weight is 437 g/mol. The number of halogens is 2. The summed E-state index contributed by atoms with van der Waals surface area (Å²) in [6.45, 7) is 6.79. The van der Waals surface area contributed by atoms with Crippen LogP contribution in [0.25, 0.3) is 0 Å². The zero-order chi connectivity index (χ0) is 20.2. The van der Waals surface area contributed by atoms with Gasteiger partial charge in [-0.05, 0) is 51.7 Å². The predicted octanol–water partition coefficient (Wildman–Crippen LogP) is 4.06. The molecule has 1 aliphatic rings. The lowest BCUT2D eigenvalue weighted by atomic mass is 9.99. The number of carbonyl (C=O) groups excluding carboxylic acids is 1. The second kappa shape index (κ2) is 8.99. The third kappa shape index (κ3) is 7.14. The number of likely N-dealkylation sites (tertiary alicyclic amines) is 1. The molecule has 1 fully saturated rings. The fourth-order valence-corrected chi connectivity index (χ4v) is 4.85. The summed E-state index contributed by atoms with van der Waals surface area (Å²) in [6, 6.07) is 4.89. The van der Waals surface area contributed by atoms with Crippen LogP contribution in [0, 0.1) is 5.92 Å². The Morgan fingerprint density at radius 1 is 1.30 bits per heavy atom. The van der Waals surface area contributed by atoms with Gasteiger partial charge in [0, 0.05) is 35.2 Å². The van der Waals surface area contributed by atoms with E-state index in [4.69, 9.17) is 27.9 Å². The molecular weight excluding hydrogens is 411 g/mol. The van der Waals surface area contributed by atoms with Crippen molar-refractivity contribution in [3.8, 4) is 0 Å². The van der Waals surface area contributed by atoms with E-state index in [1.165, 1.54) is 0 Å². The van der Waals surface area contributed by atoms with Gasteiger partial charge in [0.1, 0.15) is 5.60 Å². The molecule has 1 amide bonds. The maximum atomic E-state index is 12.4. The van der Waals surface area contributed by atoms with E-state index in [2.05, 4.69) is 4.72 Å². The standard InChI is InChI=1S/C18H26Cl2N2O4S/c1-18(2,3)26-17(23)22-9-5-6-13(11-22)10-21-27(24,25)12-14-15(19)7-4-8-16(14)20/h4,7-8,13,21H,5-6,9-12H2,1-3H3/t13-/m0/s1. The SMILES string of the molecule is CC(C)(C)OC(=O)N1CCC[C@@H](CNS(=O)(=O)Cc2c(Cl)cccc2Cl)C1. The average Bonchev–Trinajstić information content (AvgIpc) is 2.55. The Kier molecular flexibility index (Phi) is 7.41. The number of rotatable bonds is 5. The number of hydrogen-bond donors (Lipinski definition) is 1. The molecule has 0 aliphatic carbocycles. The summed E-state index contributed by atoms with van der Waals surface area (Å²) in [5.41, 5.74) is -0.174. The van der Waals surface area contributed by atoms with E-state index in [1.807, 2.05) is 20.8 Å². The molecule has 0 spiro atoms. The molecule has 1 N–H and O–H groups in total. The molecule has 27 heavy (non-hydrogen) atoms. The summed E-state index contributed by atoms with van der Waals surface area (Å²) < 4.78 is 32.8. The van der Waals surface area contributed by atoms with E-state index in [1.54, 1.807) is 23.1 Å². The third-order valence-electron chi connectivity index (χ3n) is 4.16. The molecular formula is C18H26Cl2N2O4S. The van der Waals surface area contributed by atoms with Crippen molar-refractivity contribution in [2.45, 2.75) is 45.0 Å². The topological polar surface area (TPSA) is 75.7 Å². The molecule has 1 aromatic rings. The van der Waals surface area contributed by atoms with Crippen LogP contribution in [-0.4, -0.2) is 44.6 Å². The van der Waals surface area contributed by atoms with Gasteiger partial charge in [0.2, 0.25) is 10.0 Å². The van der Waals surface area contributed by atoms with Crippen LogP contribution < -0.4 is 4.72 Å². The Balaban J connectivity index is 1.92. The van der Waals surface area contributed by atoms with Crippen molar-refractivity contribution < 1.29 is 17.9 Å². The van der Waals surface area contributed by atoms with Gasteiger partial charge in [-0.1, -0.05) is 29.3 Å². The van der Waals surface area contributed by atoms with Crippen molar-refractivity contribution in [3.05, 3.63) is 33.8 Å². The normalized spacial score (nSPS) is 18.4. The molecule has 1 aromatic carbocycles. The number of sulfonamides is 1. The van der Waals surface area contributed by atoms with E-state index in [-0.39, 0.29) is 24.3 Å². The van der Waals surface area contributed by atoms with E-state index in [0.29, 0.717) is 28.7 Å². The van der Waals surface area contributed by atoms with Crippen LogP contribution in [0.1, 0.15) is 39.2 Å². The Morgan fingerprint density at radius 3 is 2.52 bits per heavy atom. The first-order valence-corrected chi connectivity index (χ1v) is 11.3. The maximum Gasteiger partial charge on any atom is 0.410 e. The number of ether oxygens (including phenoxy) is 1. The first-order valence-electron chi connectivity index (χ1n) is 8.85. The Labute approximate surface area is 171 Å². The van der Waals surface area contributed by atoms with E-state index in [9.17, 15) is 13.2 Å². The van der Waals surface area contributed by atoms with Crippen LogP contribution in [0.3, 0.4) is 0 Å². The molecule has 0 radical (unpaired) electrons. The van der Waals surface area contributed by atoms with Crippen molar-refractivity contribution in [1.29, 1.82) is 0 Å². The molecule has 0 saturated carbocycles. The summed E-state index contributed by atoms with van der Waals surface area (Å²) in [6.07, 6.45) is 1.29. The number of benzene rings is 1. The van der Waals surface area contributed by atoms with Gasteiger partial charge in [0.05, 0.1) is 5.75 Å². The number of amides is 1. The van der Waals surface area contributed by atoms with Gasteiger partial charge in [-0.2, -0.15) is 0 Å². The van der Waals surface area contributed by atoms with Crippen molar-refractivity contribution in [2.75, 3.05) is 19.6 Å². The second-order valence-corrected chi connectivity index (χ2v) is 10.4. The van der Waals surface area contributed by atoms with Crippen molar-refractivity contribution in [3.63, 3.8) is 0 Å². The highest BCUT2D eigenvalue weighted by Crippen LogP contribution is 2.26. The maximum absolute atomic E-state index is 12.4. The Hall–Kier alpha value is -1.02. The molecule has 1 atom stereocenters. The minimum absolute atomic E-state index is 0.0303. The van der Waals surface area contributed by atoms with Crippen molar-refractivity contribution in [2.24, 2.45) is 5.92 Å². The molecule has 0 aromatic heterocycles. The molecule has 0 unspecified atom stereocenters. The smallest absolute Gasteiger partial charge is 0.410 e. The summed E-state index contributed by atoms with van der Waals surface area (Å²) in [7, 11) is -3.60. The molecule has 2 rings (SSSR count). The van der Waals surface area contributed by atoms with Crippen LogP contribution in [0.4, 0.5) is 4.79 Å². The lowest BCUT2D eigenvalue weighted by Gasteiger charge is -2.34. The molecule has 152 valence electrons. The Morgan fingerprint density at radius 2 is 1.93 bits per heavy atom. The monoisotopic (exact) mass is 436 g/mol. The van der Waals surface area contributed by atoms with Crippen molar-refractivity contribution in [1.82, 2.24) is 9.62 Å².